The van der Waals surface area contributed by atoms with Gasteiger partial charge in [-0.25, -0.2) is 0 Å². The molecule has 0 bridgehead atoms. The quantitative estimate of drug-likeness (QED) is 0.740. The molecule has 2 N–H and O–H groups in total. The van der Waals surface area contributed by atoms with Crippen LogP contribution in [-0.4, -0.2) is 18.1 Å². The fourth-order valence-electron chi connectivity index (χ4n) is 1.82. The summed E-state index contributed by atoms with van der Waals surface area (Å²) < 4.78 is 0. The van der Waals surface area contributed by atoms with Crippen LogP contribution in [-0.2, 0) is 6.42 Å². The van der Waals surface area contributed by atoms with Gasteiger partial charge in [-0.1, -0.05) is 24.3 Å². The van der Waals surface area contributed by atoms with E-state index >= 15 is 0 Å². The first kappa shape index (κ1) is 9.10. The van der Waals surface area contributed by atoms with Crippen molar-refractivity contribution in [3.05, 3.63) is 35.4 Å². The summed E-state index contributed by atoms with van der Waals surface area (Å²) in [4.78, 5) is 0. The Balaban J connectivity index is 1.87. The molecule has 2 heteroatoms. The van der Waals surface area contributed by atoms with Crippen LogP contribution in [0.5, 0.6) is 0 Å². The van der Waals surface area contributed by atoms with E-state index in [-0.39, 0.29) is 0 Å². The molecular formula is C11H15NS. The van der Waals surface area contributed by atoms with E-state index < -0.39 is 0 Å². The predicted octanol–water partition coefficient (Wildman–Crippen LogP) is 2.02. The van der Waals surface area contributed by atoms with Gasteiger partial charge in [0.05, 0.1) is 0 Å². The zero-order chi connectivity index (χ0) is 9.10. The van der Waals surface area contributed by atoms with E-state index in [9.17, 15) is 0 Å². The molecule has 1 aliphatic carbocycles. The largest absolute Gasteiger partial charge is 0.330 e. The minimum absolute atomic E-state index is 0.799. The first-order valence-electron chi connectivity index (χ1n) is 4.77. The van der Waals surface area contributed by atoms with E-state index in [2.05, 4.69) is 24.3 Å². The maximum atomic E-state index is 5.45. The minimum atomic E-state index is 0.799. The molecule has 1 nitrogen and oxygen atoms in total. The molecule has 0 saturated heterocycles. The summed E-state index contributed by atoms with van der Waals surface area (Å²) in [5.74, 6) is 3.14. The summed E-state index contributed by atoms with van der Waals surface area (Å²) in [6, 6.07) is 8.76. The number of nitrogens with two attached hydrogens (primary N) is 1. The molecule has 0 spiro atoms. The van der Waals surface area contributed by atoms with Crippen LogP contribution in [0.15, 0.2) is 24.3 Å². The van der Waals surface area contributed by atoms with Gasteiger partial charge in [0.2, 0.25) is 0 Å². The minimum Gasteiger partial charge on any atom is -0.330 e. The molecule has 0 aromatic heterocycles. The smallest absolute Gasteiger partial charge is 0.00560 e. The molecule has 1 unspecified atom stereocenters. The van der Waals surface area contributed by atoms with Crippen LogP contribution in [0.4, 0.5) is 0 Å². The number of fused-ring (bicyclic) bond motifs is 1. The highest BCUT2D eigenvalue weighted by Gasteiger charge is 2.24. The summed E-state index contributed by atoms with van der Waals surface area (Å²) in [7, 11) is 0. The van der Waals surface area contributed by atoms with Gasteiger partial charge in [-0.05, 0) is 23.5 Å². The van der Waals surface area contributed by atoms with Crippen LogP contribution in [0, 0.1) is 0 Å². The molecule has 0 amide bonds. The highest BCUT2D eigenvalue weighted by molar-refractivity contribution is 7.99. The van der Waals surface area contributed by atoms with Crippen LogP contribution in [0.3, 0.4) is 0 Å². The molecule has 70 valence electrons. The van der Waals surface area contributed by atoms with Crippen LogP contribution >= 0.6 is 11.8 Å². The van der Waals surface area contributed by atoms with Crippen molar-refractivity contribution in [2.75, 3.05) is 18.1 Å². The second-order valence-electron chi connectivity index (χ2n) is 3.46. The Bertz CT molecular complexity index is 285. The molecule has 0 heterocycles. The van der Waals surface area contributed by atoms with Gasteiger partial charge in [0.15, 0.2) is 0 Å². The molecule has 1 atom stereocenters. The lowest BCUT2D eigenvalue weighted by Gasteiger charge is -2.29. The molecule has 1 aromatic carbocycles. The maximum Gasteiger partial charge on any atom is 0.00560 e. The summed E-state index contributed by atoms with van der Waals surface area (Å²) in [5.41, 5.74) is 8.55. The third-order valence-electron chi connectivity index (χ3n) is 2.54. The zero-order valence-corrected chi connectivity index (χ0v) is 8.52. The Kier molecular flexibility index (Phi) is 2.91. The van der Waals surface area contributed by atoms with Crippen molar-refractivity contribution < 1.29 is 0 Å². The predicted molar refractivity (Wildman–Crippen MR) is 59.3 cm³/mol. The van der Waals surface area contributed by atoms with Crippen molar-refractivity contribution in [3.8, 4) is 0 Å². The number of hydrogen-bond acceptors (Lipinski definition) is 2. The van der Waals surface area contributed by atoms with Crippen molar-refractivity contribution in [1.82, 2.24) is 0 Å². The topological polar surface area (TPSA) is 26.0 Å². The lowest BCUT2D eigenvalue weighted by atomic mass is 9.79. The van der Waals surface area contributed by atoms with E-state index in [0.29, 0.717) is 0 Å². The molecular weight excluding hydrogens is 178 g/mol. The molecule has 13 heavy (non-hydrogen) atoms. The highest BCUT2D eigenvalue weighted by atomic mass is 32.2. The van der Waals surface area contributed by atoms with Gasteiger partial charge in [-0.2, -0.15) is 11.8 Å². The van der Waals surface area contributed by atoms with Gasteiger partial charge < -0.3 is 5.73 Å². The summed E-state index contributed by atoms with van der Waals surface area (Å²) in [6.07, 6.45) is 1.27. The Hall–Kier alpha value is -0.470. The average molecular weight is 193 g/mol. The first-order valence-corrected chi connectivity index (χ1v) is 5.93. The Morgan fingerprint density at radius 2 is 2.23 bits per heavy atom. The second kappa shape index (κ2) is 4.16. The molecule has 2 rings (SSSR count). The lowest BCUT2D eigenvalue weighted by molar-refractivity contribution is 0.677. The Morgan fingerprint density at radius 3 is 3.00 bits per heavy atom. The normalized spacial score (nSPS) is 19.3. The van der Waals surface area contributed by atoms with Crippen molar-refractivity contribution in [2.45, 2.75) is 12.3 Å². The average Bonchev–Trinajstić information content (AvgIpc) is 2.13. The van der Waals surface area contributed by atoms with E-state index in [1.807, 2.05) is 11.8 Å². The van der Waals surface area contributed by atoms with Gasteiger partial charge in [0, 0.05) is 18.1 Å². The van der Waals surface area contributed by atoms with Gasteiger partial charge in [0.1, 0.15) is 0 Å². The molecule has 1 aliphatic rings. The van der Waals surface area contributed by atoms with Crippen molar-refractivity contribution in [2.24, 2.45) is 5.73 Å². The van der Waals surface area contributed by atoms with Crippen LogP contribution < -0.4 is 5.73 Å². The zero-order valence-electron chi connectivity index (χ0n) is 7.70. The third kappa shape index (κ3) is 1.89. The van der Waals surface area contributed by atoms with Crippen molar-refractivity contribution in [3.63, 3.8) is 0 Å². The van der Waals surface area contributed by atoms with Crippen molar-refractivity contribution in [1.29, 1.82) is 0 Å². The standard InChI is InChI=1S/C11H15NS/c12-5-6-13-8-10-7-9-3-1-2-4-11(9)10/h1-4,10H,5-8,12H2. The summed E-state index contributed by atoms with van der Waals surface area (Å²) >= 11 is 1.98. The molecule has 0 fully saturated rings. The van der Waals surface area contributed by atoms with Gasteiger partial charge in [0.25, 0.3) is 0 Å². The van der Waals surface area contributed by atoms with Crippen molar-refractivity contribution >= 4 is 11.8 Å². The van der Waals surface area contributed by atoms with Gasteiger partial charge in [-0.15, -0.1) is 0 Å². The molecule has 1 aromatic rings. The Labute approximate surface area is 83.7 Å². The maximum absolute atomic E-state index is 5.45. The number of hydrogen-bond donors (Lipinski definition) is 1. The van der Waals surface area contributed by atoms with Crippen LogP contribution in [0.25, 0.3) is 0 Å². The Morgan fingerprint density at radius 1 is 1.38 bits per heavy atom. The molecule has 0 radical (unpaired) electrons. The van der Waals surface area contributed by atoms with Crippen LogP contribution in [0.2, 0.25) is 0 Å². The monoisotopic (exact) mass is 193 g/mol. The first-order chi connectivity index (χ1) is 6.42. The lowest BCUT2D eigenvalue weighted by Crippen LogP contribution is -2.19. The van der Waals surface area contributed by atoms with E-state index in [1.54, 1.807) is 11.1 Å². The van der Waals surface area contributed by atoms with Crippen LogP contribution in [0.1, 0.15) is 17.0 Å². The summed E-state index contributed by atoms with van der Waals surface area (Å²) in [6.45, 7) is 0.805. The van der Waals surface area contributed by atoms with Gasteiger partial charge >= 0.3 is 0 Å². The fraction of sp³-hybridized carbons (Fsp3) is 0.455. The fourth-order valence-corrected chi connectivity index (χ4v) is 2.74. The number of rotatable bonds is 4. The summed E-state index contributed by atoms with van der Waals surface area (Å²) in [5, 5.41) is 0. The van der Waals surface area contributed by atoms with E-state index in [4.69, 9.17) is 5.73 Å². The van der Waals surface area contributed by atoms with Gasteiger partial charge in [-0.3, -0.25) is 0 Å². The van der Waals surface area contributed by atoms with E-state index in [0.717, 1.165) is 18.2 Å². The number of thioether (sulfide) groups is 1. The van der Waals surface area contributed by atoms with E-state index in [1.165, 1.54) is 12.2 Å². The molecule has 0 saturated carbocycles. The SMILES string of the molecule is NCCSCC1Cc2ccccc21. The third-order valence-corrected chi connectivity index (χ3v) is 3.70. The second-order valence-corrected chi connectivity index (χ2v) is 4.61. The molecule has 0 aliphatic heterocycles. The highest BCUT2D eigenvalue weighted by Crippen LogP contribution is 2.36. The number of benzene rings is 1.